The van der Waals surface area contributed by atoms with Gasteiger partial charge < -0.3 is 19.5 Å². The molecule has 1 aliphatic rings. The minimum absolute atomic E-state index is 0.0181. The second kappa shape index (κ2) is 7.63. The van der Waals surface area contributed by atoms with Crippen LogP contribution in [0, 0.1) is 0 Å². The third-order valence-electron chi connectivity index (χ3n) is 3.32. The van der Waals surface area contributed by atoms with E-state index in [-0.39, 0.29) is 6.61 Å². The maximum absolute atomic E-state index is 12.0. The van der Waals surface area contributed by atoms with Crippen LogP contribution in [0.15, 0.2) is 42.5 Å². The van der Waals surface area contributed by atoms with Gasteiger partial charge in [0.05, 0.1) is 10.0 Å². The summed E-state index contributed by atoms with van der Waals surface area (Å²) in [5.41, 5.74) is 0.446. The number of anilines is 1. The van der Waals surface area contributed by atoms with Crippen molar-refractivity contribution in [3.8, 4) is 11.5 Å². The van der Waals surface area contributed by atoms with Gasteiger partial charge in [0.25, 0.3) is 5.91 Å². The quantitative estimate of drug-likeness (QED) is 0.822. The van der Waals surface area contributed by atoms with Gasteiger partial charge in [0.1, 0.15) is 6.61 Å². The minimum atomic E-state index is -0.923. The van der Waals surface area contributed by atoms with E-state index in [4.69, 9.17) is 37.4 Å². The number of halogens is 2. The molecule has 0 spiro atoms. The van der Waals surface area contributed by atoms with Crippen LogP contribution in [0.1, 0.15) is 0 Å². The normalized spacial score (nSPS) is 15.4. The van der Waals surface area contributed by atoms with Crippen LogP contribution in [-0.2, 0) is 14.3 Å². The number of para-hydroxylation sites is 2. The molecule has 3 rings (SSSR count). The highest BCUT2D eigenvalue weighted by Gasteiger charge is 2.29. The van der Waals surface area contributed by atoms with E-state index < -0.39 is 24.6 Å². The molecule has 0 fully saturated rings. The zero-order valence-electron chi connectivity index (χ0n) is 12.8. The summed E-state index contributed by atoms with van der Waals surface area (Å²) < 4.78 is 15.9. The summed E-state index contributed by atoms with van der Waals surface area (Å²) in [5.74, 6) is -0.178. The molecule has 2 aromatic carbocycles. The molecule has 8 heteroatoms. The van der Waals surface area contributed by atoms with Gasteiger partial charge in [-0.25, -0.2) is 4.79 Å². The van der Waals surface area contributed by atoms with E-state index in [0.29, 0.717) is 27.2 Å². The van der Waals surface area contributed by atoms with Crippen LogP contribution in [0.3, 0.4) is 0 Å². The van der Waals surface area contributed by atoms with Crippen LogP contribution in [0.5, 0.6) is 11.5 Å². The smallest absolute Gasteiger partial charge is 0.351 e. The highest BCUT2D eigenvalue weighted by Crippen LogP contribution is 2.31. The van der Waals surface area contributed by atoms with Gasteiger partial charge in [0.15, 0.2) is 18.1 Å². The summed E-state index contributed by atoms with van der Waals surface area (Å²) in [6.07, 6.45) is -0.923. The number of hydrogen-bond acceptors (Lipinski definition) is 5. The fraction of sp³-hybridized carbons (Fsp3) is 0.176. The zero-order chi connectivity index (χ0) is 17.8. The first-order chi connectivity index (χ1) is 12.0. The summed E-state index contributed by atoms with van der Waals surface area (Å²) in [5, 5.41) is 3.24. The standard InChI is InChI=1S/C17H13Cl2NO5/c18-11-6-5-10(7-12(11)19)20-16(21)9-24-17(22)15-8-23-13-3-1-2-4-14(13)25-15/h1-7,15H,8-9H2,(H,20,21). The van der Waals surface area contributed by atoms with Gasteiger partial charge in [0.2, 0.25) is 6.10 Å². The number of nitrogens with one attached hydrogen (secondary N) is 1. The Bertz CT molecular complexity index is 811. The van der Waals surface area contributed by atoms with Crippen LogP contribution in [-0.4, -0.2) is 31.2 Å². The molecular weight excluding hydrogens is 369 g/mol. The number of rotatable bonds is 4. The van der Waals surface area contributed by atoms with E-state index in [9.17, 15) is 9.59 Å². The van der Waals surface area contributed by atoms with Crippen LogP contribution in [0.4, 0.5) is 5.69 Å². The van der Waals surface area contributed by atoms with Crippen molar-refractivity contribution in [2.45, 2.75) is 6.10 Å². The van der Waals surface area contributed by atoms with E-state index >= 15 is 0 Å². The van der Waals surface area contributed by atoms with Gasteiger partial charge in [-0.2, -0.15) is 0 Å². The molecule has 25 heavy (non-hydrogen) atoms. The van der Waals surface area contributed by atoms with Gasteiger partial charge in [-0.15, -0.1) is 0 Å². The molecule has 0 saturated carbocycles. The lowest BCUT2D eigenvalue weighted by molar-refractivity contribution is -0.156. The molecule has 1 unspecified atom stereocenters. The Labute approximate surface area is 153 Å². The molecule has 1 N–H and O–H groups in total. The van der Waals surface area contributed by atoms with Crippen molar-refractivity contribution in [1.82, 2.24) is 0 Å². The Morgan fingerprint density at radius 2 is 1.88 bits per heavy atom. The Balaban J connectivity index is 1.50. The highest BCUT2D eigenvalue weighted by molar-refractivity contribution is 6.42. The predicted molar refractivity (Wildman–Crippen MR) is 92.4 cm³/mol. The SMILES string of the molecule is O=C(COC(=O)C1COc2ccccc2O1)Nc1ccc(Cl)c(Cl)c1. The van der Waals surface area contributed by atoms with Crippen molar-refractivity contribution in [2.75, 3.05) is 18.5 Å². The second-order valence-electron chi connectivity index (χ2n) is 5.15. The Hall–Kier alpha value is -2.44. The van der Waals surface area contributed by atoms with E-state index in [1.165, 1.54) is 6.07 Å². The van der Waals surface area contributed by atoms with Gasteiger partial charge in [0, 0.05) is 5.69 Å². The maximum atomic E-state index is 12.0. The Morgan fingerprint density at radius 1 is 1.12 bits per heavy atom. The fourth-order valence-corrected chi connectivity index (χ4v) is 2.43. The number of ether oxygens (including phenoxy) is 3. The van der Waals surface area contributed by atoms with Crippen molar-refractivity contribution in [3.05, 3.63) is 52.5 Å². The first-order valence-corrected chi connectivity index (χ1v) is 8.08. The number of benzene rings is 2. The molecule has 130 valence electrons. The summed E-state index contributed by atoms with van der Waals surface area (Å²) in [7, 11) is 0. The van der Waals surface area contributed by atoms with Gasteiger partial charge in [-0.1, -0.05) is 35.3 Å². The zero-order valence-corrected chi connectivity index (χ0v) is 14.3. The highest BCUT2D eigenvalue weighted by atomic mass is 35.5. The lowest BCUT2D eigenvalue weighted by Gasteiger charge is -2.24. The van der Waals surface area contributed by atoms with Gasteiger partial charge in [-0.3, -0.25) is 4.79 Å². The number of carbonyl (C=O) groups excluding carboxylic acids is 2. The molecule has 0 saturated heterocycles. The van der Waals surface area contributed by atoms with Crippen LogP contribution in [0.2, 0.25) is 10.0 Å². The summed E-state index contributed by atoms with van der Waals surface area (Å²) in [4.78, 5) is 23.9. The van der Waals surface area contributed by atoms with Crippen molar-refractivity contribution < 1.29 is 23.8 Å². The molecule has 0 radical (unpaired) electrons. The summed E-state index contributed by atoms with van der Waals surface area (Å²) >= 11 is 11.7. The third-order valence-corrected chi connectivity index (χ3v) is 4.06. The average Bonchev–Trinajstić information content (AvgIpc) is 2.62. The third kappa shape index (κ3) is 4.35. The van der Waals surface area contributed by atoms with Gasteiger partial charge >= 0.3 is 5.97 Å². The number of amides is 1. The van der Waals surface area contributed by atoms with E-state index in [1.54, 1.807) is 36.4 Å². The summed E-state index contributed by atoms with van der Waals surface area (Å²) in [6, 6.07) is 11.6. The second-order valence-corrected chi connectivity index (χ2v) is 5.96. The molecule has 2 aromatic rings. The molecule has 1 heterocycles. The lowest BCUT2D eigenvalue weighted by Crippen LogP contribution is -2.39. The number of fused-ring (bicyclic) bond motifs is 1. The first-order valence-electron chi connectivity index (χ1n) is 7.33. The molecule has 0 bridgehead atoms. The van der Waals surface area contributed by atoms with Gasteiger partial charge in [-0.05, 0) is 30.3 Å². The van der Waals surface area contributed by atoms with Crippen LogP contribution < -0.4 is 14.8 Å². The molecule has 1 aliphatic heterocycles. The Morgan fingerprint density at radius 3 is 2.64 bits per heavy atom. The van der Waals surface area contributed by atoms with Crippen molar-refractivity contribution in [1.29, 1.82) is 0 Å². The molecular formula is C17H13Cl2NO5. The molecule has 1 amide bonds. The maximum Gasteiger partial charge on any atom is 0.351 e. The topological polar surface area (TPSA) is 73.9 Å². The number of hydrogen-bond donors (Lipinski definition) is 1. The van der Waals surface area contributed by atoms with Crippen LogP contribution in [0.25, 0.3) is 0 Å². The van der Waals surface area contributed by atoms with E-state index in [1.807, 2.05) is 0 Å². The average molecular weight is 382 g/mol. The molecule has 0 aliphatic carbocycles. The van der Waals surface area contributed by atoms with Crippen molar-refractivity contribution >= 4 is 40.8 Å². The summed E-state index contributed by atoms with van der Waals surface area (Å²) in [6.45, 7) is -0.440. The largest absolute Gasteiger partial charge is 0.485 e. The lowest BCUT2D eigenvalue weighted by atomic mass is 10.2. The van der Waals surface area contributed by atoms with Crippen LogP contribution >= 0.6 is 23.2 Å². The van der Waals surface area contributed by atoms with E-state index in [2.05, 4.69) is 5.32 Å². The van der Waals surface area contributed by atoms with Crippen molar-refractivity contribution in [2.24, 2.45) is 0 Å². The number of carbonyl (C=O) groups is 2. The molecule has 0 aromatic heterocycles. The number of esters is 1. The molecule has 1 atom stereocenters. The minimum Gasteiger partial charge on any atom is -0.485 e. The Kier molecular flexibility index (Phi) is 5.31. The first kappa shape index (κ1) is 17.4. The molecule has 6 nitrogen and oxygen atoms in total. The predicted octanol–water partition coefficient (Wildman–Crippen LogP) is 3.32. The van der Waals surface area contributed by atoms with E-state index in [0.717, 1.165) is 0 Å². The fourth-order valence-electron chi connectivity index (χ4n) is 2.14. The van der Waals surface area contributed by atoms with Crippen molar-refractivity contribution in [3.63, 3.8) is 0 Å². The monoisotopic (exact) mass is 381 g/mol.